The van der Waals surface area contributed by atoms with Gasteiger partial charge in [0, 0.05) is 5.56 Å². The summed E-state index contributed by atoms with van der Waals surface area (Å²) in [6.45, 7) is 1.23. The Morgan fingerprint density at radius 2 is 2.25 bits per heavy atom. The Hall–Kier alpha value is -2.33. The number of hydrogen-bond acceptors (Lipinski definition) is 4. The molecular formula is C13H12F2N4O. The highest BCUT2D eigenvalue weighted by atomic mass is 19.1. The fourth-order valence-electron chi connectivity index (χ4n) is 1.95. The largest absolute Gasteiger partial charge is 0.382 e. The molecule has 0 aliphatic rings. The number of nitriles is 1. The van der Waals surface area contributed by atoms with Gasteiger partial charge in [-0.25, -0.2) is 18.4 Å². The van der Waals surface area contributed by atoms with Crippen molar-refractivity contribution < 1.29 is 13.9 Å². The zero-order valence-electron chi connectivity index (χ0n) is 10.7. The van der Waals surface area contributed by atoms with Gasteiger partial charge in [0.25, 0.3) is 0 Å². The maximum atomic E-state index is 13.9. The molecule has 0 aliphatic carbocycles. The highest BCUT2D eigenvalue weighted by Gasteiger charge is 2.39. The van der Waals surface area contributed by atoms with E-state index in [1.54, 1.807) is 0 Å². The fraction of sp³-hybridized carbons (Fsp3) is 0.308. The molecule has 2 rings (SSSR count). The summed E-state index contributed by atoms with van der Waals surface area (Å²) in [7, 11) is 0. The molecule has 5 nitrogen and oxygen atoms in total. The van der Waals surface area contributed by atoms with Crippen LogP contribution in [0.5, 0.6) is 0 Å². The first-order valence-corrected chi connectivity index (χ1v) is 5.87. The zero-order chi connectivity index (χ0) is 14.8. The minimum Gasteiger partial charge on any atom is -0.382 e. The predicted octanol–water partition coefficient (Wildman–Crippen LogP) is 1.60. The van der Waals surface area contributed by atoms with Crippen LogP contribution in [0.15, 0.2) is 30.9 Å². The van der Waals surface area contributed by atoms with Gasteiger partial charge in [0.1, 0.15) is 29.9 Å². The van der Waals surface area contributed by atoms with Crippen molar-refractivity contribution >= 4 is 0 Å². The molecule has 0 saturated heterocycles. The van der Waals surface area contributed by atoms with Crippen LogP contribution >= 0.6 is 0 Å². The van der Waals surface area contributed by atoms with E-state index in [2.05, 4.69) is 10.1 Å². The van der Waals surface area contributed by atoms with Gasteiger partial charge >= 0.3 is 0 Å². The smallest absolute Gasteiger partial charge is 0.137 e. The summed E-state index contributed by atoms with van der Waals surface area (Å²) in [5.41, 5.74) is -2.18. The van der Waals surface area contributed by atoms with Crippen LogP contribution < -0.4 is 0 Å². The molecule has 2 atom stereocenters. The molecule has 1 aromatic heterocycles. The monoisotopic (exact) mass is 278 g/mol. The van der Waals surface area contributed by atoms with Crippen molar-refractivity contribution in [1.29, 1.82) is 5.26 Å². The van der Waals surface area contributed by atoms with Crippen molar-refractivity contribution in [1.82, 2.24) is 14.8 Å². The van der Waals surface area contributed by atoms with Gasteiger partial charge in [-0.1, -0.05) is 0 Å². The van der Waals surface area contributed by atoms with E-state index in [1.807, 2.05) is 6.07 Å². The number of aliphatic hydroxyl groups is 1. The van der Waals surface area contributed by atoms with Gasteiger partial charge in [-0.2, -0.15) is 10.4 Å². The Morgan fingerprint density at radius 1 is 1.50 bits per heavy atom. The van der Waals surface area contributed by atoms with E-state index in [-0.39, 0.29) is 12.1 Å². The minimum atomic E-state index is -1.91. The molecule has 0 aliphatic heterocycles. The summed E-state index contributed by atoms with van der Waals surface area (Å²) >= 11 is 0. The SMILES string of the molecule is C[C@H](C#N)C(O)(Cn1cncn1)c1cc(F)ccc1F. The number of benzene rings is 1. The molecule has 0 radical (unpaired) electrons. The third-order valence-corrected chi connectivity index (χ3v) is 3.17. The first kappa shape index (κ1) is 14.1. The van der Waals surface area contributed by atoms with E-state index < -0.39 is 23.2 Å². The molecule has 0 bridgehead atoms. The molecule has 2 aromatic rings. The quantitative estimate of drug-likeness (QED) is 0.921. The van der Waals surface area contributed by atoms with Crippen LogP contribution in [-0.4, -0.2) is 19.9 Å². The second-order valence-electron chi connectivity index (χ2n) is 4.49. The van der Waals surface area contributed by atoms with Crippen molar-refractivity contribution in [2.24, 2.45) is 5.92 Å². The van der Waals surface area contributed by atoms with Gasteiger partial charge in [-0.15, -0.1) is 0 Å². The van der Waals surface area contributed by atoms with Crippen molar-refractivity contribution in [3.8, 4) is 6.07 Å². The molecule has 0 saturated carbocycles. The minimum absolute atomic E-state index is 0.206. The second-order valence-corrected chi connectivity index (χ2v) is 4.49. The van der Waals surface area contributed by atoms with E-state index in [0.29, 0.717) is 0 Å². The van der Waals surface area contributed by atoms with Gasteiger partial charge in [-0.05, 0) is 25.1 Å². The molecule has 0 amide bonds. The number of halogens is 2. The molecule has 1 aromatic carbocycles. The summed E-state index contributed by atoms with van der Waals surface area (Å²) in [6, 6.07) is 4.62. The number of aromatic nitrogens is 3. The van der Waals surface area contributed by atoms with Gasteiger partial charge < -0.3 is 5.11 Å². The van der Waals surface area contributed by atoms with Crippen LogP contribution in [0.25, 0.3) is 0 Å². The lowest BCUT2D eigenvalue weighted by atomic mass is 9.82. The Labute approximate surface area is 114 Å². The number of rotatable bonds is 4. The van der Waals surface area contributed by atoms with E-state index in [9.17, 15) is 13.9 Å². The van der Waals surface area contributed by atoms with Crippen molar-refractivity contribution in [2.45, 2.75) is 19.1 Å². The van der Waals surface area contributed by atoms with Crippen molar-refractivity contribution in [3.63, 3.8) is 0 Å². The molecule has 0 fully saturated rings. The lowest BCUT2D eigenvalue weighted by Crippen LogP contribution is -2.38. The summed E-state index contributed by atoms with van der Waals surface area (Å²) in [5, 5.41) is 23.6. The van der Waals surface area contributed by atoms with Gasteiger partial charge in [0.2, 0.25) is 0 Å². The van der Waals surface area contributed by atoms with Crippen LogP contribution in [0.4, 0.5) is 8.78 Å². The molecule has 1 heterocycles. The molecule has 7 heteroatoms. The van der Waals surface area contributed by atoms with Crippen LogP contribution in [0.2, 0.25) is 0 Å². The maximum Gasteiger partial charge on any atom is 0.137 e. The summed E-state index contributed by atoms with van der Waals surface area (Å²) < 4.78 is 28.5. The topological polar surface area (TPSA) is 74.7 Å². The molecule has 0 spiro atoms. The van der Waals surface area contributed by atoms with Crippen LogP contribution in [-0.2, 0) is 12.1 Å². The van der Waals surface area contributed by atoms with E-state index >= 15 is 0 Å². The van der Waals surface area contributed by atoms with Crippen molar-refractivity contribution in [3.05, 3.63) is 48.1 Å². The van der Waals surface area contributed by atoms with Gasteiger partial charge in [0.15, 0.2) is 0 Å². The molecule has 1 unspecified atom stereocenters. The third-order valence-electron chi connectivity index (χ3n) is 3.17. The van der Waals surface area contributed by atoms with E-state index in [4.69, 9.17) is 5.26 Å². The molecule has 1 N–H and O–H groups in total. The Bertz CT molecular complexity index is 638. The molecule has 104 valence electrons. The highest BCUT2D eigenvalue weighted by Crippen LogP contribution is 2.33. The van der Waals surface area contributed by atoms with Crippen LogP contribution in [0.3, 0.4) is 0 Å². The molecular weight excluding hydrogens is 266 g/mol. The van der Waals surface area contributed by atoms with Crippen LogP contribution in [0.1, 0.15) is 12.5 Å². The summed E-state index contributed by atoms with van der Waals surface area (Å²) in [4.78, 5) is 3.72. The second kappa shape index (κ2) is 5.35. The van der Waals surface area contributed by atoms with Gasteiger partial charge in [-0.3, -0.25) is 0 Å². The maximum absolute atomic E-state index is 13.9. The first-order chi connectivity index (χ1) is 9.47. The highest BCUT2D eigenvalue weighted by molar-refractivity contribution is 5.27. The molecule has 20 heavy (non-hydrogen) atoms. The standard InChI is InChI=1S/C13H12F2N4O/c1-9(5-16)13(20,6-19-8-17-7-18-19)11-4-10(14)2-3-12(11)15/h2-4,7-9,20H,6H2,1H3/t9-,13?/m1/s1. The van der Waals surface area contributed by atoms with Gasteiger partial charge in [0.05, 0.1) is 18.5 Å². The Morgan fingerprint density at radius 3 is 2.85 bits per heavy atom. The lowest BCUT2D eigenvalue weighted by Gasteiger charge is -2.31. The summed E-state index contributed by atoms with van der Waals surface area (Å²) in [6.07, 6.45) is 2.58. The Balaban J connectivity index is 2.52. The third kappa shape index (κ3) is 2.51. The lowest BCUT2D eigenvalue weighted by molar-refractivity contribution is -0.0199. The van der Waals surface area contributed by atoms with E-state index in [0.717, 1.165) is 18.2 Å². The number of hydrogen-bond donors (Lipinski definition) is 1. The fourth-order valence-corrected chi connectivity index (χ4v) is 1.95. The first-order valence-electron chi connectivity index (χ1n) is 5.87. The van der Waals surface area contributed by atoms with Crippen LogP contribution in [0, 0.1) is 28.9 Å². The van der Waals surface area contributed by atoms with E-state index in [1.165, 1.54) is 24.3 Å². The average molecular weight is 278 g/mol. The number of nitrogens with zero attached hydrogens (tertiary/aromatic N) is 4. The van der Waals surface area contributed by atoms with Crippen molar-refractivity contribution in [2.75, 3.05) is 0 Å². The Kier molecular flexibility index (Phi) is 3.77. The zero-order valence-corrected chi connectivity index (χ0v) is 10.7. The normalized spacial score (nSPS) is 15.3. The summed E-state index contributed by atoms with van der Waals surface area (Å²) in [5.74, 6) is -2.44. The average Bonchev–Trinajstić information content (AvgIpc) is 2.93. The predicted molar refractivity (Wildman–Crippen MR) is 65.1 cm³/mol.